The Balaban J connectivity index is 0.00000338. The lowest BCUT2D eigenvalue weighted by Gasteiger charge is -2.12. The van der Waals surface area contributed by atoms with Crippen molar-refractivity contribution in [3.8, 4) is 0 Å². The SMILES string of the molecule is CN=C(NCCCOCC1CCOC1)NCCCSc1ccccc1.I. The fourth-order valence-corrected chi connectivity index (χ4v) is 3.43. The zero-order valence-corrected chi connectivity index (χ0v) is 18.8. The van der Waals surface area contributed by atoms with Crippen LogP contribution in [0.2, 0.25) is 0 Å². The summed E-state index contributed by atoms with van der Waals surface area (Å²) in [6, 6.07) is 10.5. The number of ether oxygens (including phenoxy) is 2. The Hall–Kier alpha value is -0.510. The van der Waals surface area contributed by atoms with Crippen LogP contribution in [0.25, 0.3) is 0 Å². The van der Waals surface area contributed by atoms with Crippen molar-refractivity contribution >= 4 is 41.7 Å². The number of nitrogens with one attached hydrogen (secondary N) is 2. The van der Waals surface area contributed by atoms with Gasteiger partial charge in [0.1, 0.15) is 0 Å². The third kappa shape index (κ3) is 10.6. The van der Waals surface area contributed by atoms with Gasteiger partial charge in [-0.2, -0.15) is 0 Å². The molecule has 2 rings (SSSR count). The fraction of sp³-hybridized carbons (Fsp3) is 0.632. The molecule has 26 heavy (non-hydrogen) atoms. The van der Waals surface area contributed by atoms with Crippen molar-refractivity contribution in [2.45, 2.75) is 24.2 Å². The van der Waals surface area contributed by atoms with Gasteiger partial charge >= 0.3 is 0 Å². The van der Waals surface area contributed by atoms with Crippen molar-refractivity contribution < 1.29 is 9.47 Å². The predicted molar refractivity (Wildman–Crippen MR) is 121 cm³/mol. The molecule has 1 atom stereocenters. The molecule has 1 unspecified atom stereocenters. The average Bonchev–Trinajstić information content (AvgIpc) is 3.17. The molecule has 1 aromatic carbocycles. The second-order valence-corrected chi connectivity index (χ2v) is 7.27. The first kappa shape index (κ1) is 23.5. The smallest absolute Gasteiger partial charge is 0.190 e. The first-order chi connectivity index (χ1) is 12.4. The molecule has 5 nitrogen and oxygen atoms in total. The van der Waals surface area contributed by atoms with Gasteiger partial charge in [0.15, 0.2) is 5.96 Å². The molecule has 0 radical (unpaired) electrons. The van der Waals surface area contributed by atoms with E-state index in [0.29, 0.717) is 5.92 Å². The monoisotopic (exact) mass is 493 g/mol. The van der Waals surface area contributed by atoms with Crippen LogP contribution < -0.4 is 10.6 Å². The van der Waals surface area contributed by atoms with Crippen molar-refractivity contribution in [2.75, 3.05) is 52.3 Å². The Labute approximate surface area is 179 Å². The maximum absolute atomic E-state index is 5.71. The van der Waals surface area contributed by atoms with Crippen LogP contribution in [0.15, 0.2) is 40.2 Å². The topological polar surface area (TPSA) is 54.9 Å². The quantitative estimate of drug-likeness (QED) is 0.163. The number of hydrogen-bond donors (Lipinski definition) is 2. The van der Waals surface area contributed by atoms with E-state index in [1.54, 1.807) is 0 Å². The normalized spacial score (nSPS) is 17.0. The van der Waals surface area contributed by atoms with Crippen LogP contribution in [-0.4, -0.2) is 58.3 Å². The van der Waals surface area contributed by atoms with E-state index in [9.17, 15) is 0 Å². The van der Waals surface area contributed by atoms with E-state index >= 15 is 0 Å². The summed E-state index contributed by atoms with van der Waals surface area (Å²) in [5, 5.41) is 6.69. The van der Waals surface area contributed by atoms with Gasteiger partial charge in [-0.15, -0.1) is 35.7 Å². The molecule has 0 saturated carbocycles. The summed E-state index contributed by atoms with van der Waals surface area (Å²) in [7, 11) is 1.81. The molecule has 1 heterocycles. The van der Waals surface area contributed by atoms with E-state index in [2.05, 4.69) is 46.0 Å². The molecule has 1 fully saturated rings. The Bertz CT molecular complexity index is 485. The summed E-state index contributed by atoms with van der Waals surface area (Å²) in [6.07, 6.45) is 3.22. The minimum atomic E-state index is 0. The molecule has 7 heteroatoms. The van der Waals surface area contributed by atoms with Crippen molar-refractivity contribution in [1.82, 2.24) is 10.6 Å². The van der Waals surface area contributed by atoms with E-state index in [4.69, 9.17) is 9.47 Å². The largest absolute Gasteiger partial charge is 0.381 e. The highest BCUT2D eigenvalue weighted by Crippen LogP contribution is 2.17. The van der Waals surface area contributed by atoms with Gasteiger partial charge in [0.05, 0.1) is 13.2 Å². The zero-order valence-electron chi connectivity index (χ0n) is 15.6. The van der Waals surface area contributed by atoms with Gasteiger partial charge in [0, 0.05) is 44.2 Å². The van der Waals surface area contributed by atoms with Gasteiger partial charge in [0.25, 0.3) is 0 Å². The minimum absolute atomic E-state index is 0. The third-order valence-electron chi connectivity index (χ3n) is 3.98. The van der Waals surface area contributed by atoms with Gasteiger partial charge in [-0.25, -0.2) is 0 Å². The van der Waals surface area contributed by atoms with Crippen LogP contribution in [-0.2, 0) is 9.47 Å². The van der Waals surface area contributed by atoms with Crippen molar-refractivity contribution in [3.63, 3.8) is 0 Å². The molecule has 1 saturated heterocycles. The number of nitrogens with zero attached hydrogens (tertiary/aromatic N) is 1. The third-order valence-corrected chi connectivity index (χ3v) is 5.08. The molecule has 0 aromatic heterocycles. The number of benzene rings is 1. The summed E-state index contributed by atoms with van der Waals surface area (Å²) in [4.78, 5) is 5.58. The van der Waals surface area contributed by atoms with E-state index in [1.807, 2.05) is 18.8 Å². The molecule has 1 aromatic rings. The molecule has 0 spiro atoms. The van der Waals surface area contributed by atoms with Crippen molar-refractivity contribution in [2.24, 2.45) is 10.9 Å². The van der Waals surface area contributed by atoms with Crippen LogP contribution in [0.4, 0.5) is 0 Å². The molecule has 1 aliphatic heterocycles. The van der Waals surface area contributed by atoms with Gasteiger partial charge < -0.3 is 20.1 Å². The van der Waals surface area contributed by atoms with E-state index < -0.39 is 0 Å². The first-order valence-electron chi connectivity index (χ1n) is 9.16. The van der Waals surface area contributed by atoms with E-state index in [-0.39, 0.29) is 24.0 Å². The summed E-state index contributed by atoms with van der Waals surface area (Å²) < 4.78 is 11.0. The number of aliphatic imine (C=N–C) groups is 1. The summed E-state index contributed by atoms with van der Waals surface area (Å²) >= 11 is 1.89. The van der Waals surface area contributed by atoms with E-state index in [0.717, 1.165) is 70.5 Å². The van der Waals surface area contributed by atoms with Gasteiger partial charge in [-0.1, -0.05) is 18.2 Å². The number of hydrogen-bond acceptors (Lipinski definition) is 4. The molecular formula is C19H32IN3O2S. The molecule has 0 bridgehead atoms. The Kier molecular flexibility index (Phi) is 14.1. The van der Waals surface area contributed by atoms with Crippen LogP contribution in [0, 0.1) is 5.92 Å². The number of rotatable bonds is 11. The highest BCUT2D eigenvalue weighted by atomic mass is 127. The van der Waals surface area contributed by atoms with Gasteiger partial charge in [-0.05, 0) is 37.1 Å². The Morgan fingerprint density at radius 1 is 1.23 bits per heavy atom. The lowest BCUT2D eigenvalue weighted by atomic mass is 10.1. The summed E-state index contributed by atoms with van der Waals surface area (Å²) in [5.74, 6) is 2.57. The van der Waals surface area contributed by atoms with Crippen molar-refractivity contribution in [3.05, 3.63) is 30.3 Å². The van der Waals surface area contributed by atoms with Gasteiger partial charge in [-0.3, -0.25) is 4.99 Å². The average molecular weight is 493 g/mol. The first-order valence-corrected chi connectivity index (χ1v) is 10.1. The highest BCUT2D eigenvalue weighted by Gasteiger charge is 2.15. The number of thioether (sulfide) groups is 1. The molecule has 2 N–H and O–H groups in total. The zero-order chi connectivity index (χ0) is 17.6. The maximum Gasteiger partial charge on any atom is 0.190 e. The molecule has 148 valence electrons. The second kappa shape index (κ2) is 15.5. The lowest BCUT2D eigenvalue weighted by molar-refractivity contribution is 0.0888. The summed E-state index contributed by atoms with van der Waals surface area (Å²) in [5.41, 5.74) is 0. The Morgan fingerprint density at radius 2 is 2.00 bits per heavy atom. The van der Waals surface area contributed by atoms with Crippen molar-refractivity contribution in [1.29, 1.82) is 0 Å². The fourth-order valence-electron chi connectivity index (χ4n) is 2.55. The minimum Gasteiger partial charge on any atom is -0.381 e. The lowest BCUT2D eigenvalue weighted by Crippen LogP contribution is -2.38. The van der Waals surface area contributed by atoms with Crippen LogP contribution in [0.5, 0.6) is 0 Å². The van der Waals surface area contributed by atoms with Crippen LogP contribution in [0.1, 0.15) is 19.3 Å². The Morgan fingerprint density at radius 3 is 2.69 bits per heavy atom. The molecular weight excluding hydrogens is 461 g/mol. The highest BCUT2D eigenvalue weighted by molar-refractivity contribution is 14.0. The van der Waals surface area contributed by atoms with Crippen LogP contribution >= 0.6 is 35.7 Å². The number of guanidine groups is 1. The predicted octanol–water partition coefficient (Wildman–Crippen LogP) is 3.40. The maximum atomic E-state index is 5.71. The standard InChI is InChI=1S/C19H31N3O2S.HI/c1-20-19(21-10-5-12-23-15-17-9-13-24-16-17)22-11-6-14-25-18-7-3-2-4-8-18;/h2-4,7-8,17H,5-6,9-16H2,1H3,(H2,20,21,22);1H. The molecule has 0 amide bonds. The number of halogens is 1. The summed E-state index contributed by atoms with van der Waals surface area (Å²) in [6.45, 7) is 5.16. The van der Waals surface area contributed by atoms with E-state index in [1.165, 1.54) is 4.90 Å². The molecule has 0 aliphatic carbocycles. The van der Waals surface area contributed by atoms with Crippen LogP contribution in [0.3, 0.4) is 0 Å². The molecule has 1 aliphatic rings. The van der Waals surface area contributed by atoms with Gasteiger partial charge in [0.2, 0.25) is 0 Å². The second-order valence-electron chi connectivity index (χ2n) is 6.10.